The third-order valence-corrected chi connectivity index (χ3v) is 2.82. The molecular formula is C14H23N3O3. The number of nitrogens with one attached hydrogen (secondary N) is 1. The lowest BCUT2D eigenvalue weighted by Gasteiger charge is -2.22. The zero-order valence-electron chi connectivity index (χ0n) is 12.3. The average molecular weight is 281 g/mol. The Bertz CT molecular complexity index is 418. The number of methoxy groups -OCH3 is 1. The van der Waals surface area contributed by atoms with E-state index in [2.05, 4.69) is 10.3 Å². The van der Waals surface area contributed by atoms with E-state index in [1.807, 2.05) is 6.92 Å². The highest BCUT2D eigenvalue weighted by Gasteiger charge is 2.27. The van der Waals surface area contributed by atoms with Crippen LogP contribution in [0.4, 0.5) is 5.69 Å². The van der Waals surface area contributed by atoms with Crippen LogP contribution in [0.25, 0.3) is 0 Å². The van der Waals surface area contributed by atoms with Gasteiger partial charge in [0.1, 0.15) is 6.61 Å². The molecule has 1 rings (SSSR count). The van der Waals surface area contributed by atoms with E-state index in [9.17, 15) is 4.79 Å². The molecule has 6 nitrogen and oxygen atoms in total. The van der Waals surface area contributed by atoms with Crippen LogP contribution in [0, 0.1) is 0 Å². The fraction of sp³-hybridized carbons (Fsp3) is 0.571. The van der Waals surface area contributed by atoms with Gasteiger partial charge in [-0.15, -0.1) is 0 Å². The Balaban J connectivity index is 2.54. The van der Waals surface area contributed by atoms with Gasteiger partial charge < -0.3 is 20.5 Å². The average Bonchev–Trinajstić information content (AvgIpc) is 2.41. The number of aromatic nitrogens is 1. The van der Waals surface area contributed by atoms with Crippen LogP contribution in [0.15, 0.2) is 18.3 Å². The number of carbonyl (C=O) groups excluding carboxylic acids is 1. The van der Waals surface area contributed by atoms with E-state index in [4.69, 9.17) is 15.2 Å². The van der Waals surface area contributed by atoms with Gasteiger partial charge in [0, 0.05) is 13.2 Å². The molecular weight excluding hydrogens is 258 g/mol. The maximum Gasteiger partial charge on any atom is 0.244 e. The van der Waals surface area contributed by atoms with Crippen molar-refractivity contribution < 1.29 is 14.3 Å². The first-order chi connectivity index (χ1) is 9.49. The number of carbonyl (C=O) groups is 1. The van der Waals surface area contributed by atoms with Gasteiger partial charge in [-0.05, 0) is 19.4 Å². The smallest absolute Gasteiger partial charge is 0.244 e. The molecule has 20 heavy (non-hydrogen) atoms. The largest absolute Gasteiger partial charge is 0.475 e. The van der Waals surface area contributed by atoms with Crippen molar-refractivity contribution in [2.45, 2.75) is 32.2 Å². The molecule has 112 valence electrons. The zero-order valence-corrected chi connectivity index (χ0v) is 12.3. The molecule has 0 bridgehead atoms. The Kier molecular flexibility index (Phi) is 6.41. The molecule has 0 saturated carbocycles. The number of ether oxygens (including phenoxy) is 2. The van der Waals surface area contributed by atoms with Crippen LogP contribution >= 0.6 is 0 Å². The Morgan fingerprint density at radius 2 is 2.20 bits per heavy atom. The number of nitrogens with two attached hydrogens (primary N) is 1. The molecule has 0 spiro atoms. The normalized spacial score (nSPS) is 13.6. The fourth-order valence-corrected chi connectivity index (χ4v) is 1.68. The molecule has 0 radical (unpaired) electrons. The van der Waals surface area contributed by atoms with Gasteiger partial charge in [-0.1, -0.05) is 13.3 Å². The first-order valence-electron chi connectivity index (χ1n) is 6.67. The van der Waals surface area contributed by atoms with Crippen LogP contribution in [-0.4, -0.2) is 36.8 Å². The molecule has 6 heteroatoms. The topological polar surface area (TPSA) is 86.5 Å². The predicted octanol–water partition coefficient (Wildman–Crippen LogP) is 1.56. The molecule has 0 aromatic carbocycles. The van der Waals surface area contributed by atoms with Crippen molar-refractivity contribution in [1.29, 1.82) is 0 Å². The fourth-order valence-electron chi connectivity index (χ4n) is 1.68. The molecule has 0 fully saturated rings. The first kappa shape index (κ1) is 16.4. The summed E-state index contributed by atoms with van der Waals surface area (Å²) in [5.41, 5.74) is 5.68. The lowest BCUT2D eigenvalue weighted by Crippen LogP contribution is -2.48. The molecule has 0 aliphatic heterocycles. The van der Waals surface area contributed by atoms with Gasteiger partial charge in [0.05, 0.1) is 24.0 Å². The van der Waals surface area contributed by atoms with Gasteiger partial charge in [0.25, 0.3) is 0 Å². The lowest BCUT2D eigenvalue weighted by molar-refractivity contribution is -0.120. The van der Waals surface area contributed by atoms with Crippen LogP contribution in [-0.2, 0) is 9.53 Å². The lowest BCUT2D eigenvalue weighted by atomic mass is 9.96. The minimum Gasteiger partial charge on any atom is -0.475 e. The van der Waals surface area contributed by atoms with Crippen LogP contribution < -0.4 is 15.8 Å². The molecule has 1 atom stereocenters. The molecule has 0 aliphatic carbocycles. The summed E-state index contributed by atoms with van der Waals surface area (Å²) >= 11 is 0. The quantitative estimate of drug-likeness (QED) is 0.706. The second-order valence-electron chi connectivity index (χ2n) is 4.85. The van der Waals surface area contributed by atoms with Crippen molar-refractivity contribution in [3.63, 3.8) is 0 Å². The number of amides is 1. The highest BCUT2D eigenvalue weighted by atomic mass is 16.5. The van der Waals surface area contributed by atoms with Crippen molar-refractivity contribution in [3.8, 4) is 5.88 Å². The third kappa shape index (κ3) is 5.14. The van der Waals surface area contributed by atoms with Crippen LogP contribution in [0.2, 0.25) is 0 Å². The molecule has 1 aromatic rings. The number of anilines is 1. The van der Waals surface area contributed by atoms with Crippen molar-refractivity contribution in [2.24, 2.45) is 5.73 Å². The monoisotopic (exact) mass is 281 g/mol. The Morgan fingerprint density at radius 3 is 2.75 bits per heavy atom. The molecule has 0 aliphatic rings. The highest BCUT2D eigenvalue weighted by Crippen LogP contribution is 2.15. The Labute approximate surface area is 119 Å². The summed E-state index contributed by atoms with van der Waals surface area (Å²) in [4.78, 5) is 16.1. The SMILES string of the molecule is CCCC(C)(N)C(=O)Nc1ccc(OCCOC)nc1. The van der Waals surface area contributed by atoms with Crippen molar-refractivity contribution in [3.05, 3.63) is 18.3 Å². The number of pyridine rings is 1. The summed E-state index contributed by atoms with van der Waals surface area (Å²) in [6.07, 6.45) is 3.03. The molecule has 3 N–H and O–H groups in total. The molecule has 1 amide bonds. The number of hydrogen-bond acceptors (Lipinski definition) is 5. The molecule has 1 aromatic heterocycles. The van der Waals surface area contributed by atoms with E-state index < -0.39 is 5.54 Å². The summed E-state index contributed by atoms with van der Waals surface area (Å²) in [6.45, 7) is 4.66. The van der Waals surface area contributed by atoms with Gasteiger partial charge in [-0.2, -0.15) is 0 Å². The van der Waals surface area contributed by atoms with E-state index in [-0.39, 0.29) is 5.91 Å². The van der Waals surface area contributed by atoms with Crippen molar-refractivity contribution >= 4 is 11.6 Å². The summed E-state index contributed by atoms with van der Waals surface area (Å²) in [6, 6.07) is 3.42. The van der Waals surface area contributed by atoms with Gasteiger partial charge in [0.15, 0.2) is 0 Å². The van der Waals surface area contributed by atoms with Crippen molar-refractivity contribution in [1.82, 2.24) is 4.98 Å². The van der Waals surface area contributed by atoms with Gasteiger partial charge in [0.2, 0.25) is 11.8 Å². The maximum absolute atomic E-state index is 12.0. The van der Waals surface area contributed by atoms with E-state index in [0.717, 1.165) is 6.42 Å². The predicted molar refractivity (Wildman–Crippen MR) is 77.7 cm³/mol. The molecule has 1 heterocycles. The Morgan fingerprint density at radius 1 is 1.45 bits per heavy atom. The first-order valence-corrected chi connectivity index (χ1v) is 6.67. The van der Waals surface area contributed by atoms with E-state index in [1.165, 1.54) is 0 Å². The summed E-state index contributed by atoms with van der Waals surface area (Å²) in [5.74, 6) is 0.276. The minimum absolute atomic E-state index is 0.214. The summed E-state index contributed by atoms with van der Waals surface area (Å²) in [7, 11) is 1.61. The van der Waals surface area contributed by atoms with E-state index in [0.29, 0.717) is 31.2 Å². The highest BCUT2D eigenvalue weighted by molar-refractivity contribution is 5.97. The van der Waals surface area contributed by atoms with Gasteiger partial charge >= 0.3 is 0 Å². The second kappa shape index (κ2) is 7.81. The zero-order chi connectivity index (χ0) is 15.0. The number of rotatable bonds is 8. The Hall–Kier alpha value is -1.66. The summed E-state index contributed by atoms with van der Waals surface area (Å²) in [5, 5.41) is 2.75. The van der Waals surface area contributed by atoms with Crippen LogP contribution in [0.3, 0.4) is 0 Å². The molecule has 1 unspecified atom stereocenters. The number of hydrogen-bond donors (Lipinski definition) is 2. The van der Waals surface area contributed by atoms with E-state index in [1.54, 1.807) is 32.4 Å². The van der Waals surface area contributed by atoms with E-state index >= 15 is 0 Å². The standard InChI is InChI=1S/C14H23N3O3/c1-4-7-14(2,15)13(18)17-11-5-6-12(16-10-11)20-9-8-19-3/h5-6,10H,4,7-9,15H2,1-3H3,(H,17,18). The maximum atomic E-state index is 12.0. The van der Waals surface area contributed by atoms with Crippen LogP contribution in [0.1, 0.15) is 26.7 Å². The second-order valence-corrected chi connectivity index (χ2v) is 4.85. The molecule has 0 saturated heterocycles. The van der Waals surface area contributed by atoms with Gasteiger partial charge in [-0.3, -0.25) is 4.79 Å². The summed E-state index contributed by atoms with van der Waals surface area (Å²) < 4.78 is 10.2. The van der Waals surface area contributed by atoms with Crippen LogP contribution in [0.5, 0.6) is 5.88 Å². The van der Waals surface area contributed by atoms with Crippen molar-refractivity contribution in [2.75, 3.05) is 25.6 Å². The number of nitrogens with zero attached hydrogens (tertiary/aromatic N) is 1. The third-order valence-electron chi connectivity index (χ3n) is 2.82. The minimum atomic E-state index is -0.873. The van der Waals surface area contributed by atoms with Gasteiger partial charge in [-0.25, -0.2) is 4.98 Å².